The van der Waals surface area contributed by atoms with Crippen LogP contribution in [-0.2, 0) is 4.79 Å². The van der Waals surface area contributed by atoms with Gasteiger partial charge < -0.3 is 5.11 Å². The first kappa shape index (κ1) is 6.56. The lowest BCUT2D eigenvalue weighted by molar-refractivity contribution is -0.125. The molecule has 0 amide bonds. The van der Waals surface area contributed by atoms with Gasteiger partial charge in [0.2, 0.25) is 0 Å². The first-order valence-corrected chi connectivity index (χ1v) is 1.96. The summed E-state index contributed by atoms with van der Waals surface area (Å²) in [4.78, 5) is 9.89. The zero-order valence-electron chi connectivity index (χ0n) is 4.02. The van der Waals surface area contributed by atoms with Crippen LogP contribution in [-0.4, -0.2) is 23.7 Å². The lowest BCUT2D eigenvalue weighted by Gasteiger charge is -1.91. The SMILES string of the molecule is CC(F)C(=O)CO. The number of hydrogen-bond donors (Lipinski definition) is 1. The van der Waals surface area contributed by atoms with Crippen LogP contribution in [0, 0.1) is 0 Å². The third kappa shape index (κ3) is 2.28. The van der Waals surface area contributed by atoms with E-state index in [1.807, 2.05) is 0 Å². The van der Waals surface area contributed by atoms with Crippen LogP contribution in [0.4, 0.5) is 4.39 Å². The zero-order chi connectivity index (χ0) is 5.86. The number of aliphatic hydroxyl groups is 1. The summed E-state index contributed by atoms with van der Waals surface area (Å²) in [5.74, 6) is -0.764. The van der Waals surface area contributed by atoms with Crippen molar-refractivity contribution in [3.8, 4) is 0 Å². The Morgan fingerprint density at radius 2 is 2.43 bits per heavy atom. The summed E-state index contributed by atoms with van der Waals surface area (Å²) in [6.07, 6.45) is -1.52. The number of Topliss-reactive ketones (excluding diaryl/α,β-unsaturated/α-hetero) is 1. The van der Waals surface area contributed by atoms with E-state index in [-0.39, 0.29) is 0 Å². The molecule has 1 unspecified atom stereocenters. The number of alkyl halides is 1. The van der Waals surface area contributed by atoms with E-state index in [2.05, 4.69) is 0 Å². The molecule has 0 aromatic rings. The predicted octanol–water partition coefficient (Wildman–Crippen LogP) is -0.0942. The third-order valence-electron chi connectivity index (χ3n) is 0.600. The maximum atomic E-state index is 11.6. The molecular weight excluding hydrogens is 99.0 g/mol. The van der Waals surface area contributed by atoms with Gasteiger partial charge in [-0.1, -0.05) is 0 Å². The number of hydrogen-bond acceptors (Lipinski definition) is 2. The molecule has 0 aromatic heterocycles. The summed E-state index contributed by atoms with van der Waals surface area (Å²) in [6, 6.07) is 0. The Morgan fingerprint density at radius 1 is 2.00 bits per heavy atom. The van der Waals surface area contributed by atoms with Gasteiger partial charge >= 0.3 is 0 Å². The first-order valence-electron chi connectivity index (χ1n) is 1.96. The van der Waals surface area contributed by atoms with Crippen LogP contribution < -0.4 is 0 Å². The van der Waals surface area contributed by atoms with Crippen molar-refractivity contribution in [1.82, 2.24) is 0 Å². The highest BCUT2D eigenvalue weighted by Gasteiger charge is 2.06. The molecule has 0 aromatic carbocycles. The topological polar surface area (TPSA) is 37.3 Å². The molecule has 7 heavy (non-hydrogen) atoms. The molecule has 0 saturated carbocycles. The summed E-state index contributed by atoms with van der Waals surface area (Å²) in [5.41, 5.74) is 0. The van der Waals surface area contributed by atoms with Crippen molar-refractivity contribution in [1.29, 1.82) is 0 Å². The number of aliphatic hydroxyl groups excluding tert-OH is 1. The summed E-state index contributed by atoms with van der Waals surface area (Å²) < 4.78 is 11.6. The normalized spacial score (nSPS) is 13.6. The van der Waals surface area contributed by atoms with E-state index in [1.165, 1.54) is 0 Å². The van der Waals surface area contributed by atoms with E-state index >= 15 is 0 Å². The quantitative estimate of drug-likeness (QED) is 0.534. The molecule has 1 N–H and O–H groups in total. The first-order chi connectivity index (χ1) is 3.18. The maximum Gasteiger partial charge on any atom is 0.191 e. The Kier molecular flexibility index (Phi) is 2.52. The van der Waals surface area contributed by atoms with Crippen LogP contribution in [0.3, 0.4) is 0 Å². The van der Waals surface area contributed by atoms with Crippen LogP contribution in [0.1, 0.15) is 6.92 Å². The fourth-order valence-electron chi connectivity index (χ4n) is 0.126. The number of rotatable bonds is 2. The highest BCUT2D eigenvalue weighted by molar-refractivity contribution is 5.83. The van der Waals surface area contributed by atoms with Gasteiger partial charge in [-0.2, -0.15) is 0 Å². The Morgan fingerprint density at radius 3 is 2.43 bits per heavy atom. The predicted molar refractivity (Wildman–Crippen MR) is 22.7 cm³/mol. The summed E-state index contributed by atoms with van der Waals surface area (Å²) in [7, 11) is 0. The Hall–Kier alpha value is -0.440. The van der Waals surface area contributed by atoms with Crippen LogP contribution in [0.5, 0.6) is 0 Å². The van der Waals surface area contributed by atoms with Gasteiger partial charge in [0.05, 0.1) is 0 Å². The van der Waals surface area contributed by atoms with E-state index in [1.54, 1.807) is 0 Å². The molecule has 3 heteroatoms. The average Bonchev–Trinajstić information content (AvgIpc) is 1.65. The molecule has 0 aliphatic heterocycles. The molecular formula is C4H7FO2. The number of halogens is 1. The highest BCUT2D eigenvalue weighted by Crippen LogP contribution is 1.86. The highest BCUT2D eigenvalue weighted by atomic mass is 19.1. The van der Waals surface area contributed by atoms with Gasteiger partial charge in [-0.15, -0.1) is 0 Å². The van der Waals surface area contributed by atoms with Crippen LogP contribution in [0.2, 0.25) is 0 Å². The monoisotopic (exact) mass is 106 g/mol. The van der Waals surface area contributed by atoms with E-state index in [0.29, 0.717) is 0 Å². The van der Waals surface area contributed by atoms with E-state index in [9.17, 15) is 9.18 Å². The number of carbonyl (C=O) groups is 1. The van der Waals surface area contributed by atoms with Crippen molar-refractivity contribution >= 4 is 5.78 Å². The Balaban J connectivity index is 3.35. The molecule has 0 aliphatic rings. The summed E-state index contributed by atoms with van der Waals surface area (Å²) >= 11 is 0. The van der Waals surface area contributed by atoms with Crippen molar-refractivity contribution in [2.75, 3.05) is 6.61 Å². The molecule has 0 saturated heterocycles. The minimum Gasteiger partial charge on any atom is -0.388 e. The van der Waals surface area contributed by atoms with Gasteiger partial charge in [0.1, 0.15) is 6.61 Å². The van der Waals surface area contributed by atoms with E-state index < -0.39 is 18.6 Å². The molecule has 2 nitrogen and oxygen atoms in total. The largest absolute Gasteiger partial charge is 0.388 e. The standard InChI is InChI=1S/C4H7FO2/c1-3(5)4(7)2-6/h3,6H,2H2,1H3. The molecule has 0 spiro atoms. The molecule has 0 heterocycles. The lowest BCUT2D eigenvalue weighted by atomic mass is 10.3. The molecule has 1 atom stereocenters. The fraction of sp³-hybridized carbons (Fsp3) is 0.750. The average molecular weight is 106 g/mol. The van der Waals surface area contributed by atoms with Gasteiger partial charge in [0.15, 0.2) is 12.0 Å². The zero-order valence-corrected chi connectivity index (χ0v) is 4.02. The molecule has 0 aliphatic carbocycles. The fourth-order valence-corrected chi connectivity index (χ4v) is 0.126. The van der Waals surface area contributed by atoms with Crippen LogP contribution in [0.25, 0.3) is 0 Å². The van der Waals surface area contributed by atoms with E-state index in [0.717, 1.165) is 6.92 Å². The second-order valence-electron chi connectivity index (χ2n) is 1.24. The van der Waals surface area contributed by atoms with Crippen molar-refractivity contribution in [2.45, 2.75) is 13.1 Å². The summed E-state index contributed by atoms with van der Waals surface area (Å²) in [5, 5.41) is 7.92. The second kappa shape index (κ2) is 2.69. The van der Waals surface area contributed by atoms with Crippen molar-refractivity contribution in [3.63, 3.8) is 0 Å². The maximum absolute atomic E-state index is 11.6. The minimum atomic E-state index is -1.52. The second-order valence-corrected chi connectivity index (χ2v) is 1.24. The van der Waals surface area contributed by atoms with E-state index in [4.69, 9.17) is 5.11 Å². The summed E-state index contributed by atoms with van der Waals surface area (Å²) in [6.45, 7) is 0.399. The smallest absolute Gasteiger partial charge is 0.191 e. The van der Waals surface area contributed by atoms with Crippen molar-refractivity contribution in [2.24, 2.45) is 0 Å². The van der Waals surface area contributed by atoms with Crippen LogP contribution >= 0.6 is 0 Å². The van der Waals surface area contributed by atoms with Gasteiger partial charge in [-0.3, -0.25) is 4.79 Å². The Labute approximate surface area is 41.0 Å². The van der Waals surface area contributed by atoms with Gasteiger partial charge in [-0.25, -0.2) is 4.39 Å². The third-order valence-corrected chi connectivity index (χ3v) is 0.600. The van der Waals surface area contributed by atoms with Gasteiger partial charge in [0, 0.05) is 0 Å². The number of ketones is 1. The minimum absolute atomic E-state index is 0.697. The Bertz CT molecular complexity index is 70.1. The lowest BCUT2D eigenvalue weighted by Crippen LogP contribution is -2.14. The van der Waals surface area contributed by atoms with Crippen molar-refractivity contribution in [3.05, 3.63) is 0 Å². The van der Waals surface area contributed by atoms with Gasteiger partial charge in [0.25, 0.3) is 0 Å². The molecule has 0 bridgehead atoms. The van der Waals surface area contributed by atoms with Gasteiger partial charge in [-0.05, 0) is 6.92 Å². The molecule has 0 rings (SSSR count). The molecule has 42 valence electrons. The molecule has 0 fully saturated rings. The van der Waals surface area contributed by atoms with Crippen molar-refractivity contribution < 1.29 is 14.3 Å². The molecule has 0 radical (unpaired) electrons. The van der Waals surface area contributed by atoms with Crippen LogP contribution in [0.15, 0.2) is 0 Å². The number of carbonyl (C=O) groups excluding carboxylic acids is 1.